The molecule has 0 spiro atoms. The van der Waals surface area contributed by atoms with E-state index in [0.717, 1.165) is 28.2 Å². The molecular weight excluding hydrogens is 410 g/mol. The average Bonchev–Trinajstić information content (AvgIpc) is 3.02. The molecule has 2 heterocycles. The minimum atomic E-state index is -0.523. The standard InChI is InChI=1S/C20H26BrN3O3/c1-20(2,3)27-19(26)24-9-5-6-15(12-24)23(4)18(25)17-11-13-10-14(21)7-8-16(13)22-17/h7-8,10-11,15,22H,5-6,9,12H2,1-4H3/t15-/m1/s1. The number of likely N-dealkylation sites (tertiary alicyclic amines) is 1. The topological polar surface area (TPSA) is 65.6 Å². The number of fused-ring (bicyclic) bond motifs is 1. The molecule has 1 atom stereocenters. The molecule has 0 saturated carbocycles. The first kappa shape index (κ1) is 19.7. The fourth-order valence-electron chi connectivity index (χ4n) is 3.34. The number of carbonyl (C=O) groups is 2. The Hall–Kier alpha value is -2.02. The number of carbonyl (C=O) groups excluding carboxylic acids is 2. The van der Waals surface area contributed by atoms with Crippen LogP contribution in [0.25, 0.3) is 10.9 Å². The fraction of sp³-hybridized carbons (Fsp3) is 0.500. The zero-order valence-electron chi connectivity index (χ0n) is 16.2. The summed E-state index contributed by atoms with van der Waals surface area (Å²) in [4.78, 5) is 31.9. The number of hydrogen-bond donors (Lipinski definition) is 1. The van der Waals surface area contributed by atoms with Crippen LogP contribution in [0.15, 0.2) is 28.7 Å². The van der Waals surface area contributed by atoms with Crippen molar-refractivity contribution in [3.63, 3.8) is 0 Å². The van der Waals surface area contributed by atoms with Crippen LogP contribution in [0.2, 0.25) is 0 Å². The van der Waals surface area contributed by atoms with E-state index in [9.17, 15) is 9.59 Å². The summed E-state index contributed by atoms with van der Waals surface area (Å²) in [5.74, 6) is -0.0710. The number of likely N-dealkylation sites (N-methyl/N-ethyl adjacent to an activating group) is 1. The number of nitrogens with one attached hydrogen (secondary N) is 1. The smallest absolute Gasteiger partial charge is 0.410 e. The zero-order chi connectivity index (χ0) is 19.8. The van der Waals surface area contributed by atoms with E-state index in [1.54, 1.807) is 16.8 Å². The van der Waals surface area contributed by atoms with Gasteiger partial charge in [-0.1, -0.05) is 15.9 Å². The van der Waals surface area contributed by atoms with E-state index >= 15 is 0 Å². The SMILES string of the molecule is CN(C(=O)c1cc2cc(Br)ccc2[nH]1)[C@@H]1CCCN(C(=O)OC(C)(C)C)C1. The molecule has 1 N–H and O–H groups in total. The molecule has 7 heteroatoms. The molecule has 27 heavy (non-hydrogen) atoms. The lowest BCUT2D eigenvalue weighted by Crippen LogP contribution is -2.51. The van der Waals surface area contributed by atoms with Gasteiger partial charge in [-0.15, -0.1) is 0 Å². The van der Waals surface area contributed by atoms with Crippen molar-refractivity contribution in [2.75, 3.05) is 20.1 Å². The van der Waals surface area contributed by atoms with Gasteiger partial charge < -0.3 is 19.5 Å². The summed E-state index contributed by atoms with van der Waals surface area (Å²) < 4.78 is 6.45. The summed E-state index contributed by atoms with van der Waals surface area (Å²) in [5, 5.41) is 0.986. The van der Waals surface area contributed by atoms with E-state index in [0.29, 0.717) is 18.8 Å². The van der Waals surface area contributed by atoms with Gasteiger partial charge in [0.05, 0.1) is 0 Å². The van der Waals surface area contributed by atoms with E-state index in [1.807, 2.05) is 45.0 Å². The third kappa shape index (κ3) is 4.64. The lowest BCUT2D eigenvalue weighted by Gasteiger charge is -2.38. The van der Waals surface area contributed by atoms with Gasteiger partial charge in [-0.05, 0) is 57.9 Å². The number of hydrogen-bond acceptors (Lipinski definition) is 3. The fourth-order valence-corrected chi connectivity index (χ4v) is 3.72. The second-order valence-corrected chi connectivity index (χ2v) is 8.97. The van der Waals surface area contributed by atoms with Gasteiger partial charge in [-0.25, -0.2) is 4.79 Å². The lowest BCUT2D eigenvalue weighted by atomic mass is 10.0. The van der Waals surface area contributed by atoms with Crippen molar-refractivity contribution in [3.05, 3.63) is 34.4 Å². The quantitative estimate of drug-likeness (QED) is 0.759. The summed E-state index contributed by atoms with van der Waals surface area (Å²) in [6.45, 7) is 6.72. The van der Waals surface area contributed by atoms with Crippen molar-refractivity contribution in [2.24, 2.45) is 0 Å². The Morgan fingerprint density at radius 3 is 2.74 bits per heavy atom. The predicted octanol–water partition coefficient (Wildman–Crippen LogP) is 4.40. The van der Waals surface area contributed by atoms with Crippen LogP contribution in [-0.4, -0.2) is 58.6 Å². The Balaban J connectivity index is 1.71. The zero-order valence-corrected chi connectivity index (χ0v) is 17.8. The Kier molecular flexibility index (Phi) is 5.51. The van der Waals surface area contributed by atoms with Crippen molar-refractivity contribution in [1.82, 2.24) is 14.8 Å². The monoisotopic (exact) mass is 435 g/mol. The number of rotatable bonds is 2. The molecule has 0 radical (unpaired) electrons. The lowest BCUT2D eigenvalue weighted by molar-refractivity contribution is 0.0122. The van der Waals surface area contributed by atoms with E-state index in [-0.39, 0.29) is 18.0 Å². The number of ether oxygens (including phenoxy) is 1. The van der Waals surface area contributed by atoms with Crippen molar-refractivity contribution in [2.45, 2.75) is 45.3 Å². The molecule has 146 valence electrons. The second kappa shape index (κ2) is 7.54. The molecule has 2 amide bonds. The van der Waals surface area contributed by atoms with Crippen molar-refractivity contribution < 1.29 is 14.3 Å². The maximum atomic E-state index is 13.0. The van der Waals surface area contributed by atoms with Crippen molar-refractivity contribution in [3.8, 4) is 0 Å². The van der Waals surface area contributed by atoms with Crippen molar-refractivity contribution >= 4 is 38.8 Å². The number of H-pyrrole nitrogens is 1. The van der Waals surface area contributed by atoms with E-state index in [4.69, 9.17) is 4.74 Å². The summed E-state index contributed by atoms with van der Waals surface area (Å²) in [6, 6.07) is 7.70. The molecule has 6 nitrogen and oxygen atoms in total. The summed E-state index contributed by atoms with van der Waals surface area (Å²) in [7, 11) is 1.80. The largest absolute Gasteiger partial charge is 0.444 e. The highest BCUT2D eigenvalue weighted by atomic mass is 79.9. The van der Waals surface area contributed by atoms with Gasteiger partial charge >= 0.3 is 6.09 Å². The molecule has 1 aliphatic rings. The summed E-state index contributed by atoms with van der Waals surface area (Å²) in [5.41, 5.74) is 0.957. The van der Waals surface area contributed by atoms with Gasteiger partial charge in [0.15, 0.2) is 0 Å². The highest BCUT2D eigenvalue weighted by Crippen LogP contribution is 2.23. The first-order chi connectivity index (χ1) is 12.6. The van der Waals surface area contributed by atoms with Crippen LogP contribution in [0, 0.1) is 0 Å². The molecule has 1 aromatic carbocycles. The molecule has 0 unspecified atom stereocenters. The number of benzene rings is 1. The molecular formula is C20H26BrN3O3. The second-order valence-electron chi connectivity index (χ2n) is 8.05. The third-order valence-electron chi connectivity index (χ3n) is 4.73. The average molecular weight is 436 g/mol. The summed E-state index contributed by atoms with van der Waals surface area (Å²) >= 11 is 3.45. The Morgan fingerprint density at radius 2 is 2.04 bits per heavy atom. The Labute approximate surface area is 168 Å². The van der Waals surface area contributed by atoms with Crippen LogP contribution in [0.4, 0.5) is 4.79 Å². The number of aromatic nitrogens is 1. The molecule has 0 bridgehead atoms. The highest BCUT2D eigenvalue weighted by molar-refractivity contribution is 9.10. The van der Waals surface area contributed by atoms with Gasteiger partial charge in [0, 0.05) is 41.6 Å². The van der Waals surface area contributed by atoms with Crippen LogP contribution in [0.5, 0.6) is 0 Å². The van der Waals surface area contributed by atoms with Crippen molar-refractivity contribution in [1.29, 1.82) is 0 Å². The molecule has 0 aliphatic carbocycles. The summed E-state index contributed by atoms with van der Waals surface area (Å²) in [6.07, 6.45) is 1.40. The van der Waals surface area contributed by atoms with E-state index < -0.39 is 5.60 Å². The van der Waals surface area contributed by atoms with Crippen LogP contribution in [-0.2, 0) is 4.74 Å². The molecule has 1 fully saturated rings. The van der Waals surface area contributed by atoms with Gasteiger partial charge in [0.2, 0.25) is 0 Å². The normalized spacial score (nSPS) is 17.8. The minimum Gasteiger partial charge on any atom is -0.444 e. The van der Waals surface area contributed by atoms with Gasteiger partial charge in [-0.3, -0.25) is 4.79 Å². The first-order valence-corrected chi connectivity index (χ1v) is 9.97. The third-order valence-corrected chi connectivity index (χ3v) is 5.22. The van der Waals surface area contributed by atoms with E-state index in [1.165, 1.54) is 0 Å². The Bertz CT molecular complexity index is 856. The maximum absolute atomic E-state index is 13.0. The Morgan fingerprint density at radius 1 is 1.30 bits per heavy atom. The molecule has 3 rings (SSSR count). The first-order valence-electron chi connectivity index (χ1n) is 9.17. The predicted molar refractivity (Wildman–Crippen MR) is 109 cm³/mol. The van der Waals surface area contributed by atoms with Crippen LogP contribution >= 0.6 is 15.9 Å². The van der Waals surface area contributed by atoms with Crippen LogP contribution in [0.3, 0.4) is 0 Å². The van der Waals surface area contributed by atoms with E-state index in [2.05, 4.69) is 20.9 Å². The van der Waals surface area contributed by atoms with Crippen LogP contribution in [0.1, 0.15) is 44.1 Å². The number of amides is 2. The number of piperidine rings is 1. The minimum absolute atomic E-state index is 0.0306. The molecule has 1 saturated heterocycles. The molecule has 1 aliphatic heterocycles. The van der Waals surface area contributed by atoms with Gasteiger partial charge in [0.1, 0.15) is 11.3 Å². The number of halogens is 1. The maximum Gasteiger partial charge on any atom is 0.410 e. The molecule has 2 aromatic rings. The van der Waals surface area contributed by atoms with Gasteiger partial charge in [-0.2, -0.15) is 0 Å². The molecule has 1 aromatic heterocycles. The number of nitrogens with zero attached hydrogens (tertiary/aromatic N) is 2. The van der Waals surface area contributed by atoms with Gasteiger partial charge in [0.25, 0.3) is 5.91 Å². The number of aromatic amines is 1. The highest BCUT2D eigenvalue weighted by Gasteiger charge is 2.31. The van der Waals surface area contributed by atoms with Crippen LogP contribution < -0.4 is 0 Å².